The lowest BCUT2D eigenvalue weighted by molar-refractivity contribution is -0.0447. The Balaban J connectivity index is 1.88. The molecule has 1 fully saturated rings. The fourth-order valence-corrected chi connectivity index (χ4v) is 2.60. The molecule has 1 nitrogen and oxygen atoms in total. The first-order chi connectivity index (χ1) is 8.18. The predicted octanol–water partition coefficient (Wildman–Crippen LogP) is 4.52. The molecule has 0 heterocycles. The van der Waals surface area contributed by atoms with Crippen molar-refractivity contribution >= 4 is 0 Å². The van der Waals surface area contributed by atoms with E-state index < -0.39 is 0 Å². The van der Waals surface area contributed by atoms with Crippen LogP contribution in [-0.2, 0) is 10.3 Å². The predicted molar refractivity (Wildman–Crippen MR) is 72.0 cm³/mol. The topological polar surface area (TPSA) is 9.23 Å². The first-order valence-corrected chi connectivity index (χ1v) is 6.88. The van der Waals surface area contributed by atoms with E-state index in [-0.39, 0.29) is 5.60 Å². The molecular weight excluding hydrogens is 208 g/mol. The van der Waals surface area contributed by atoms with Gasteiger partial charge in [-0.25, -0.2) is 0 Å². The maximum atomic E-state index is 6.16. The molecule has 1 saturated carbocycles. The van der Waals surface area contributed by atoms with Gasteiger partial charge in [-0.1, -0.05) is 49.6 Å². The molecule has 17 heavy (non-hydrogen) atoms. The third kappa shape index (κ3) is 3.57. The molecule has 0 aromatic heterocycles. The number of hydrogen-bond donors (Lipinski definition) is 0. The Morgan fingerprint density at radius 2 is 1.71 bits per heavy atom. The van der Waals surface area contributed by atoms with Crippen LogP contribution in [-0.4, -0.2) is 6.61 Å². The molecule has 0 amide bonds. The molecule has 0 aliphatic heterocycles. The largest absolute Gasteiger partial charge is 0.371 e. The summed E-state index contributed by atoms with van der Waals surface area (Å²) >= 11 is 0. The molecule has 94 valence electrons. The van der Waals surface area contributed by atoms with Crippen molar-refractivity contribution in [2.75, 3.05) is 6.61 Å². The standard InChI is InChI=1S/C16H24O/c1-16(2,15-11-7-4-8-12-15)17-13-14-9-5-3-6-10-14/h4,7-8,11-12,14H,3,5-6,9-10,13H2,1-2H3. The van der Waals surface area contributed by atoms with Crippen LogP contribution in [0.2, 0.25) is 0 Å². The van der Waals surface area contributed by atoms with Gasteiger partial charge in [-0.3, -0.25) is 0 Å². The first-order valence-electron chi connectivity index (χ1n) is 6.88. The molecule has 0 bridgehead atoms. The number of hydrogen-bond acceptors (Lipinski definition) is 1. The van der Waals surface area contributed by atoms with E-state index in [2.05, 4.69) is 44.2 Å². The molecule has 2 rings (SSSR count). The average Bonchev–Trinajstić information content (AvgIpc) is 2.39. The monoisotopic (exact) mass is 232 g/mol. The van der Waals surface area contributed by atoms with Crippen molar-refractivity contribution in [3.8, 4) is 0 Å². The maximum absolute atomic E-state index is 6.16. The van der Waals surface area contributed by atoms with Crippen molar-refractivity contribution in [2.24, 2.45) is 5.92 Å². The smallest absolute Gasteiger partial charge is 0.0875 e. The second-order valence-corrected chi connectivity index (χ2v) is 5.69. The van der Waals surface area contributed by atoms with Gasteiger partial charge in [0.1, 0.15) is 0 Å². The Morgan fingerprint density at radius 3 is 2.35 bits per heavy atom. The van der Waals surface area contributed by atoms with Crippen LogP contribution in [0.25, 0.3) is 0 Å². The van der Waals surface area contributed by atoms with Crippen LogP contribution in [0.3, 0.4) is 0 Å². The summed E-state index contributed by atoms with van der Waals surface area (Å²) in [4.78, 5) is 0. The molecule has 1 heteroatoms. The Hall–Kier alpha value is -0.820. The minimum Gasteiger partial charge on any atom is -0.371 e. The fourth-order valence-electron chi connectivity index (χ4n) is 2.60. The molecule has 0 spiro atoms. The van der Waals surface area contributed by atoms with Crippen LogP contribution in [0.1, 0.15) is 51.5 Å². The van der Waals surface area contributed by atoms with Gasteiger partial charge in [0.05, 0.1) is 12.2 Å². The van der Waals surface area contributed by atoms with Crippen molar-refractivity contribution in [3.63, 3.8) is 0 Å². The SMILES string of the molecule is CC(C)(OCC1CCCCC1)c1ccccc1. The van der Waals surface area contributed by atoms with Crippen LogP contribution >= 0.6 is 0 Å². The summed E-state index contributed by atoms with van der Waals surface area (Å²) in [6, 6.07) is 10.5. The molecule has 1 aromatic carbocycles. The van der Waals surface area contributed by atoms with Gasteiger partial charge in [0, 0.05) is 0 Å². The summed E-state index contributed by atoms with van der Waals surface area (Å²) in [6.07, 6.45) is 6.90. The molecule has 0 saturated heterocycles. The summed E-state index contributed by atoms with van der Waals surface area (Å²) in [7, 11) is 0. The van der Waals surface area contributed by atoms with Crippen molar-refractivity contribution in [2.45, 2.75) is 51.6 Å². The van der Waals surface area contributed by atoms with Crippen molar-refractivity contribution in [1.29, 1.82) is 0 Å². The second kappa shape index (κ2) is 5.68. The first kappa shape index (κ1) is 12.6. The van der Waals surface area contributed by atoms with Crippen molar-refractivity contribution in [3.05, 3.63) is 35.9 Å². The van der Waals surface area contributed by atoms with E-state index in [0.29, 0.717) is 0 Å². The number of rotatable bonds is 4. The Morgan fingerprint density at radius 1 is 1.06 bits per heavy atom. The van der Waals surface area contributed by atoms with Gasteiger partial charge < -0.3 is 4.74 Å². The van der Waals surface area contributed by atoms with Gasteiger partial charge in [0.2, 0.25) is 0 Å². The fraction of sp³-hybridized carbons (Fsp3) is 0.625. The quantitative estimate of drug-likeness (QED) is 0.741. The highest BCUT2D eigenvalue weighted by Crippen LogP contribution is 2.29. The van der Waals surface area contributed by atoms with E-state index in [1.54, 1.807) is 0 Å². The summed E-state index contributed by atoms with van der Waals surface area (Å²) in [5.41, 5.74) is 1.12. The molecule has 1 aliphatic carbocycles. The third-order valence-corrected chi connectivity index (χ3v) is 3.87. The van der Waals surface area contributed by atoms with Gasteiger partial charge >= 0.3 is 0 Å². The van der Waals surface area contributed by atoms with E-state index in [1.807, 2.05) is 0 Å². The zero-order chi connectivity index (χ0) is 12.1. The van der Waals surface area contributed by atoms with E-state index in [9.17, 15) is 0 Å². The van der Waals surface area contributed by atoms with E-state index in [4.69, 9.17) is 4.74 Å². The van der Waals surface area contributed by atoms with Crippen LogP contribution < -0.4 is 0 Å². The highest BCUT2D eigenvalue weighted by molar-refractivity contribution is 5.20. The number of benzene rings is 1. The molecule has 0 radical (unpaired) electrons. The van der Waals surface area contributed by atoms with E-state index >= 15 is 0 Å². The normalized spacial score (nSPS) is 18.2. The third-order valence-electron chi connectivity index (χ3n) is 3.87. The summed E-state index contributed by atoms with van der Waals surface area (Å²) in [5, 5.41) is 0. The van der Waals surface area contributed by atoms with Crippen LogP contribution in [0.15, 0.2) is 30.3 Å². The summed E-state index contributed by atoms with van der Waals surface area (Å²) in [5.74, 6) is 0.784. The minimum absolute atomic E-state index is 0.154. The van der Waals surface area contributed by atoms with E-state index in [1.165, 1.54) is 37.7 Å². The Bertz CT molecular complexity index is 323. The van der Waals surface area contributed by atoms with Crippen molar-refractivity contribution in [1.82, 2.24) is 0 Å². The summed E-state index contributed by atoms with van der Waals surface area (Å²) in [6.45, 7) is 5.26. The maximum Gasteiger partial charge on any atom is 0.0875 e. The molecular formula is C16H24O. The Labute approximate surface area is 105 Å². The van der Waals surface area contributed by atoms with Gasteiger partial charge in [0.25, 0.3) is 0 Å². The Kier molecular flexibility index (Phi) is 4.22. The van der Waals surface area contributed by atoms with E-state index in [0.717, 1.165) is 12.5 Å². The van der Waals surface area contributed by atoms with Crippen LogP contribution in [0, 0.1) is 5.92 Å². The van der Waals surface area contributed by atoms with Crippen LogP contribution in [0.4, 0.5) is 0 Å². The lowest BCUT2D eigenvalue weighted by Gasteiger charge is -2.30. The molecule has 1 aliphatic rings. The molecule has 0 atom stereocenters. The average molecular weight is 232 g/mol. The minimum atomic E-state index is -0.154. The zero-order valence-electron chi connectivity index (χ0n) is 11.1. The lowest BCUT2D eigenvalue weighted by atomic mass is 9.89. The molecule has 0 N–H and O–H groups in total. The van der Waals surface area contributed by atoms with Crippen molar-refractivity contribution < 1.29 is 4.74 Å². The van der Waals surface area contributed by atoms with Gasteiger partial charge in [0.15, 0.2) is 0 Å². The highest BCUT2D eigenvalue weighted by Gasteiger charge is 2.23. The van der Waals surface area contributed by atoms with Gasteiger partial charge in [-0.05, 0) is 38.2 Å². The molecule has 0 unspecified atom stereocenters. The highest BCUT2D eigenvalue weighted by atomic mass is 16.5. The second-order valence-electron chi connectivity index (χ2n) is 5.69. The van der Waals surface area contributed by atoms with Crippen LogP contribution in [0.5, 0.6) is 0 Å². The van der Waals surface area contributed by atoms with Gasteiger partial charge in [-0.2, -0.15) is 0 Å². The lowest BCUT2D eigenvalue weighted by Crippen LogP contribution is -2.26. The number of ether oxygens (including phenoxy) is 1. The van der Waals surface area contributed by atoms with Gasteiger partial charge in [-0.15, -0.1) is 0 Å². The molecule has 1 aromatic rings. The zero-order valence-corrected chi connectivity index (χ0v) is 11.1. The summed E-state index contributed by atoms with van der Waals surface area (Å²) < 4.78 is 6.16.